The number of halogens is 1. The highest BCUT2D eigenvalue weighted by molar-refractivity contribution is 9.23. The van der Waals surface area contributed by atoms with Crippen molar-refractivity contribution in [3.05, 3.63) is 17.8 Å². The van der Waals surface area contributed by atoms with E-state index in [1.807, 2.05) is 25.2 Å². The predicted molar refractivity (Wildman–Crippen MR) is 57.6 cm³/mol. The van der Waals surface area contributed by atoms with Crippen molar-refractivity contribution in [3.63, 3.8) is 0 Å². The van der Waals surface area contributed by atoms with Crippen molar-refractivity contribution in [2.75, 3.05) is 19.0 Å². The number of hydrogen-bond donors (Lipinski definition) is 0. The second-order valence-electron chi connectivity index (χ2n) is 3.00. The van der Waals surface area contributed by atoms with E-state index in [9.17, 15) is 0 Å². The molecule has 12 heavy (non-hydrogen) atoms. The molecule has 0 spiro atoms. The monoisotopic (exact) mass is 238 g/mol. The van der Waals surface area contributed by atoms with Crippen LogP contribution in [0, 0.1) is 6.92 Å². The van der Waals surface area contributed by atoms with Crippen molar-refractivity contribution in [2.24, 2.45) is 0 Å². The van der Waals surface area contributed by atoms with Gasteiger partial charge in [-0.25, -0.2) is 4.98 Å². The van der Waals surface area contributed by atoms with Gasteiger partial charge in [0.15, 0.2) is 0 Å². The molecule has 1 aromatic rings. The Balaban J connectivity index is 3.02. The maximum atomic E-state index is 4.34. The van der Waals surface area contributed by atoms with Crippen LogP contribution in [-0.4, -0.2) is 37.3 Å². The summed E-state index contributed by atoms with van der Waals surface area (Å²) in [5.41, 5.74) is 1.34. The van der Waals surface area contributed by atoms with Crippen LogP contribution in [0.4, 0.5) is 5.82 Å². The van der Waals surface area contributed by atoms with Crippen LogP contribution in [0.2, 0.25) is 0 Å². The molecule has 0 radical (unpaired) electrons. The van der Waals surface area contributed by atoms with Crippen LogP contribution < -0.4 is 8.59 Å². The summed E-state index contributed by atoms with van der Waals surface area (Å²) >= 11 is 3.31. The van der Waals surface area contributed by atoms with E-state index in [0.717, 1.165) is 5.82 Å². The first-order chi connectivity index (χ1) is 5.65. The predicted octanol–water partition coefficient (Wildman–Crippen LogP) is 1.10. The highest BCUT2D eigenvalue weighted by Crippen LogP contribution is 2.06. The van der Waals surface area contributed by atoms with Crippen molar-refractivity contribution in [1.29, 1.82) is 0 Å². The van der Waals surface area contributed by atoms with Gasteiger partial charge in [-0.2, -0.15) is 0 Å². The van der Waals surface area contributed by atoms with Crippen LogP contribution in [0.5, 0.6) is 0 Å². The largest absolute Gasteiger partial charge is 0.509 e. The third-order valence-electron chi connectivity index (χ3n) is 1.81. The Bertz CT molecular complexity index is 276. The van der Waals surface area contributed by atoms with Gasteiger partial charge in [-0.15, -0.1) is 3.69 Å². The van der Waals surface area contributed by atoms with E-state index in [4.69, 9.17) is 0 Å². The van der Waals surface area contributed by atoms with E-state index in [2.05, 4.69) is 30.9 Å². The molecule has 0 aliphatic carbocycles. The Morgan fingerprint density at radius 2 is 2.17 bits per heavy atom. The highest BCUT2D eigenvalue weighted by atomic mass is 79.9. The Hall–Kier alpha value is 0.196. The number of aromatic nitrogens is 1. The molecule has 1 aromatic heterocycles. The summed E-state index contributed by atoms with van der Waals surface area (Å²) in [6.07, 6.45) is 1.98. The van der Waals surface area contributed by atoms with Crippen molar-refractivity contribution in [3.8, 4) is 0 Å². The van der Waals surface area contributed by atoms with Crippen LogP contribution >= 0.6 is 12.9 Å². The highest BCUT2D eigenvalue weighted by Gasteiger charge is 2.02. The first kappa shape index (κ1) is 10.3. The van der Waals surface area contributed by atoms with Gasteiger partial charge in [0.25, 0.3) is 0 Å². The molecule has 0 bridgehead atoms. The van der Waals surface area contributed by atoms with E-state index >= 15 is 0 Å². The lowest BCUT2D eigenvalue weighted by Crippen LogP contribution is -2.17. The molecular formula is C8H11BrMgN2. The van der Waals surface area contributed by atoms with Crippen molar-refractivity contribution >= 4 is 40.6 Å². The van der Waals surface area contributed by atoms with Gasteiger partial charge in [-0.05, 0) is 13.0 Å². The SMILES string of the molecule is Cc1cc(N(C)C)nc[c]1[Mg][Br]. The third kappa shape index (κ3) is 2.34. The molecule has 2 nitrogen and oxygen atoms in total. The molecule has 0 fully saturated rings. The number of rotatable bonds is 2. The Morgan fingerprint density at radius 1 is 1.50 bits per heavy atom. The summed E-state index contributed by atoms with van der Waals surface area (Å²) in [7, 11) is 4.01. The first-order valence-electron chi connectivity index (χ1n) is 3.84. The van der Waals surface area contributed by atoms with Gasteiger partial charge in [0.2, 0.25) is 0 Å². The summed E-state index contributed by atoms with van der Waals surface area (Å²) < 4.78 is 1.39. The number of pyridine rings is 1. The molecule has 4 heteroatoms. The zero-order valence-corrected chi connectivity index (χ0v) is 10.6. The molecule has 0 atom stereocenters. The van der Waals surface area contributed by atoms with E-state index < -0.39 is 0 Å². The fraction of sp³-hybridized carbons (Fsp3) is 0.375. The van der Waals surface area contributed by atoms with E-state index in [0.29, 0.717) is 0 Å². The topological polar surface area (TPSA) is 16.1 Å². The van der Waals surface area contributed by atoms with Crippen molar-refractivity contribution < 1.29 is 0 Å². The molecule has 1 rings (SSSR count). The summed E-state index contributed by atoms with van der Waals surface area (Å²) in [5.74, 6) is 1.03. The average molecular weight is 239 g/mol. The standard InChI is InChI=1S/C8H11N2.BrH.Mg/c1-7-4-5-9-8(6-7)10(2)3;;/h5-6H,1-3H3;1H;/q;;+1/p-1. The lowest BCUT2D eigenvalue weighted by atomic mass is 10.3. The molecule has 0 saturated heterocycles. The molecule has 0 amide bonds. The minimum absolute atomic E-state index is 0.247. The number of aryl methyl sites for hydroxylation is 1. The van der Waals surface area contributed by atoms with Crippen LogP contribution in [0.25, 0.3) is 0 Å². The molecular weight excluding hydrogens is 228 g/mol. The minimum Gasteiger partial charge on any atom is -0.363 e. The molecule has 1 heterocycles. The molecule has 62 valence electrons. The maximum absolute atomic E-state index is 4.34. The zero-order valence-electron chi connectivity index (χ0n) is 7.63. The molecule has 0 aliphatic rings. The van der Waals surface area contributed by atoms with E-state index in [1.54, 1.807) is 0 Å². The number of hydrogen-bond acceptors (Lipinski definition) is 2. The fourth-order valence-corrected chi connectivity index (χ4v) is 3.19. The zero-order chi connectivity index (χ0) is 9.14. The van der Waals surface area contributed by atoms with Gasteiger partial charge in [-0.1, -0.05) is 5.56 Å². The lowest BCUT2D eigenvalue weighted by Gasteiger charge is -2.12. The van der Waals surface area contributed by atoms with Gasteiger partial charge in [0.1, 0.15) is 5.82 Å². The van der Waals surface area contributed by atoms with Gasteiger partial charge < -0.3 is 4.90 Å². The van der Waals surface area contributed by atoms with Gasteiger partial charge in [0, 0.05) is 20.3 Å². The Labute approximate surface area is 89.0 Å². The maximum Gasteiger partial charge on any atom is 0.509 e. The van der Waals surface area contributed by atoms with Crippen LogP contribution in [-0.2, 0) is 0 Å². The Kier molecular flexibility index (Phi) is 3.80. The number of nitrogens with zero attached hydrogens (tertiary/aromatic N) is 2. The molecule has 0 aliphatic heterocycles. The molecule has 0 N–H and O–H groups in total. The Morgan fingerprint density at radius 3 is 2.58 bits per heavy atom. The van der Waals surface area contributed by atoms with Crippen LogP contribution in [0.3, 0.4) is 0 Å². The molecule has 0 aromatic carbocycles. The quantitative estimate of drug-likeness (QED) is 0.718. The summed E-state index contributed by atoms with van der Waals surface area (Å²) in [4.78, 5) is 6.36. The van der Waals surface area contributed by atoms with E-state index in [-0.39, 0.29) is 18.2 Å². The van der Waals surface area contributed by atoms with Gasteiger partial charge in [0.05, 0.1) is 0 Å². The van der Waals surface area contributed by atoms with Crippen LogP contribution in [0.15, 0.2) is 12.3 Å². The second kappa shape index (κ2) is 4.44. The number of anilines is 1. The fourth-order valence-electron chi connectivity index (χ4n) is 0.954. The summed E-state index contributed by atoms with van der Waals surface area (Å²) in [6, 6.07) is 2.13. The van der Waals surface area contributed by atoms with Gasteiger partial charge >= 0.3 is 18.2 Å². The first-order valence-corrected chi connectivity index (χ1v) is 8.44. The van der Waals surface area contributed by atoms with E-state index in [1.165, 1.54) is 9.26 Å². The van der Waals surface area contributed by atoms with Gasteiger partial charge in [-0.3, -0.25) is 12.9 Å². The second-order valence-corrected chi connectivity index (χ2v) is 5.71. The summed E-state index contributed by atoms with van der Waals surface area (Å²) in [5, 5.41) is 0. The average Bonchev–Trinajstić information content (AvgIpc) is 2.04. The minimum atomic E-state index is -0.247. The third-order valence-corrected chi connectivity index (χ3v) is 4.65. The smallest absolute Gasteiger partial charge is 0.363 e. The normalized spacial score (nSPS) is 9.33. The lowest BCUT2D eigenvalue weighted by molar-refractivity contribution is 1.07. The molecule has 0 unspecified atom stereocenters. The molecule has 0 saturated carbocycles. The van der Waals surface area contributed by atoms with Crippen molar-refractivity contribution in [2.45, 2.75) is 6.92 Å². The van der Waals surface area contributed by atoms with Crippen LogP contribution in [0.1, 0.15) is 5.56 Å². The summed E-state index contributed by atoms with van der Waals surface area (Å²) in [6.45, 7) is 2.14. The van der Waals surface area contributed by atoms with Crippen molar-refractivity contribution in [1.82, 2.24) is 4.98 Å².